The fourth-order valence-electron chi connectivity index (χ4n) is 1.76. The summed E-state index contributed by atoms with van der Waals surface area (Å²) < 4.78 is 5.68. The second-order valence-electron chi connectivity index (χ2n) is 4.27. The third kappa shape index (κ3) is 1.75. The normalized spacial score (nSPS) is 20.8. The van der Waals surface area contributed by atoms with Crippen molar-refractivity contribution in [2.24, 2.45) is 5.16 Å². The molecule has 0 saturated heterocycles. The second kappa shape index (κ2) is 3.15. The summed E-state index contributed by atoms with van der Waals surface area (Å²) in [6.45, 7) is 3.82. The number of phenolic OH excluding ortho intramolecular Hbond substituents is 1. The molecule has 0 amide bonds. The van der Waals surface area contributed by atoms with E-state index in [0.717, 1.165) is 5.56 Å². The lowest BCUT2D eigenvalue weighted by atomic mass is 9.92. The summed E-state index contributed by atoms with van der Waals surface area (Å²) in [4.78, 5) is 0. The monoisotopic (exact) mass is 207 g/mol. The van der Waals surface area contributed by atoms with E-state index in [1.807, 2.05) is 13.8 Å². The standard InChI is InChI=1S/C11H13NO3/c1-11(2)6-9(12-14)8-4-3-7(13)5-10(8)15-11/h3-5,13-14H,6H2,1-2H3/b12-9+. The first-order valence-electron chi connectivity index (χ1n) is 4.75. The van der Waals surface area contributed by atoms with Crippen molar-refractivity contribution >= 4 is 5.71 Å². The Hall–Kier alpha value is -1.71. The van der Waals surface area contributed by atoms with Crippen molar-refractivity contribution in [1.82, 2.24) is 0 Å². The molecular weight excluding hydrogens is 194 g/mol. The highest BCUT2D eigenvalue weighted by molar-refractivity contribution is 6.04. The van der Waals surface area contributed by atoms with Crippen LogP contribution in [0.1, 0.15) is 25.8 Å². The van der Waals surface area contributed by atoms with Gasteiger partial charge in [-0.05, 0) is 26.0 Å². The summed E-state index contributed by atoms with van der Waals surface area (Å²) in [5.41, 5.74) is 0.901. The Morgan fingerprint density at radius 1 is 1.40 bits per heavy atom. The Bertz CT molecular complexity index is 424. The van der Waals surface area contributed by atoms with Crippen LogP contribution in [-0.4, -0.2) is 21.6 Å². The molecule has 0 radical (unpaired) electrons. The van der Waals surface area contributed by atoms with Gasteiger partial charge in [-0.3, -0.25) is 0 Å². The van der Waals surface area contributed by atoms with Crippen LogP contribution in [0, 0.1) is 0 Å². The number of aromatic hydroxyl groups is 1. The van der Waals surface area contributed by atoms with Crippen molar-refractivity contribution in [3.05, 3.63) is 23.8 Å². The van der Waals surface area contributed by atoms with Gasteiger partial charge in [-0.15, -0.1) is 0 Å². The highest BCUT2D eigenvalue weighted by Crippen LogP contribution is 2.35. The smallest absolute Gasteiger partial charge is 0.133 e. The fourth-order valence-corrected chi connectivity index (χ4v) is 1.76. The van der Waals surface area contributed by atoms with E-state index in [1.54, 1.807) is 12.1 Å². The molecule has 80 valence electrons. The van der Waals surface area contributed by atoms with Crippen LogP contribution in [0.2, 0.25) is 0 Å². The van der Waals surface area contributed by atoms with E-state index in [4.69, 9.17) is 9.94 Å². The van der Waals surface area contributed by atoms with E-state index in [0.29, 0.717) is 17.9 Å². The molecule has 1 aliphatic heterocycles. The van der Waals surface area contributed by atoms with E-state index in [1.165, 1.54) is 6.07 Å². The summed E-state index contributed by atoms with van der Waals surface area (Å²) >= 11 is 0. The summed E-state index contributed by atoms with van der Waals surface area (Å²) in [5, 5.41) is 21.5. The maximum Gasteiger partial charge on any atom is 0.133 e. The second-order valence-corrected chi connectivity index (χ2v) is 4.27. The predicted octanol–water partition coefficient (Wildman–Crippen LogP) is 2.13. The van der Waals surface area contributed by atoms with Crippen molar-refractivity contribution < 1.29 is 15.1 Å². The Morgan fingerprint density at radius 3 is 2.80 bits per heavy atom. The summed E-state index contributed by atoms with van der Waals surface area (Å²) in [7, 11) is 0. The Labute approximate surface area is 87.8 Å². The molecule has 0 aliphatic carbocycles. The Balaban J connectivity index is 2.54. The maximum atomic E-state index is 9.34. The first-order chi connectivity index (χ1) is 7.02. The largest absolute Gasteiger partial charge is 0.508 e. The molecule has 1 aliphatic rings. The molecule has 0 aromatic heterocycles. The molecule has 15 heavy (non-hydrogen) atoms. The van der Waals surface area contributed by atoms with Crippen LogP contribution in [0.4, 0.5) is 0 Å². The molecule has 0 fully saturated rings. The minimum atomic E-state index is -0.414. The van der Waals surface area contributed by atoms with E-state index in [2.05, 4.69) is 5.16 Å². The minimum absolute atomic E-state index is 0.142. The number of hydrogen-bond donors (Lipinski definition) is 2. The molecule has 0 saturated carbocycles. The third-order valence-electron chi connectivity index (χ3n) is 2.38. The van der Waals surface area contributed by atoms with Gasteiger partial charge in [0, 0.05) is 18.1 Å². The van der Waals surface area contributed by atoms with E-state index >= 15 is 0 Å². The van der Waals surface area contributed by atoms with Crippen molar-refractivity contribution in [3.63, 3.8) is 0 Å². The molecule has 0 atom stereocenters. The van der Waals surface area contributed by atoms with Gasteiger partial charge in [0.05, 0.1) is 5.71 Å². The molecule has 0 bridgehead atoms. The molecule has 0 unspecified atom stereocenters. The summed E-state index contributed by atoms with van der Waals surface area (Å²) in [6.07, 6.45) is 0.543. The highest BCUT2D eigenvalue weighted by Gasteiger charge is 2.31. The first kappa shape index (κ1) is 9.83. The zero-order valence-corrected chi connectivity index (χ0v) is 8.69. The average Bonchev–Trinajstić information content (AvgIpc) is 2.14. The first-order valence-corrected chi connectivity index (χ1v) is 4.75. The number of phenols is 1. The van der Waals surface area contributed by atoms with Crippen LogP contribution >= 0.6 is 0 Å². The van der Waals surface area contributed by atoms with Crippen molar-refractivity contribution in [2.75, 3.05) is 0 Å². The number of nitrogens with zero attached hydrogens (tertiary/aromatic N) is 1. The third-order valence-corrected chi connectivity index (χ3v) is 2.38. The van der Waals surface area contributed by atoms with Crippen LogP contribution in [0.3, 0.4) is 0 Å². The van der Waals surface area contributed by atoms with Crippen LogP contribution in [0.25, 0.3) is 0 Å². The zero-order valence-electron chi connectivity index (χ0n) is 8.69. The van der Waals surface area contributed by atoms with Crippen LogP contribution < -0.4 is 4.74 Å². The number of fused-ring (bicyclic) bond motifs is 1. The molecule has 2 N–H and O–H groups in total. The number of ether oxygens (including phenoxy) is 1. The number of hydrogen-bond acceptors (Lipinski definition) is 4. The lowest BCUT2D eigenvalue weighted by molar-refractivity contribution is 0.109. The van der Waals surface area contributed by atoms with Crippen molar-refractivity contribution in [2.45, 2.75) is 25.9 Å². The number of benzene rings is 1. The van der Waals surface area contributed by atoms with Gasteiger partial charge in [0.15, 0.2) is 0 Å². The topological polar surface area (TPSA) is 62.1 Å². The van der Waals surface area contributed by atoms with E-state index < -0.39 is 5.60 Å². The summed E-state index contributed by atoms with van der Waals surface area (Å²) in [5.74, 6) is 0.697. The maximum absolute atomic E-state index is 9.34. The molecule has 4 heteroatoms. The van der Waals surface area contributed by atoms with Crippen LogP contribution in [0.5, 0.6) is 11.5 Å². The SMILES string of the molecule is CC1(C)C/C(=N\O)c2ccc(O)cc2O1. The Kier molecular flexibility index (Phi) is 2.07. The van der Waals surface area contributed by atoms with Gasteiger partial charge in [0.1, 0.15) is 17.1 Å². The van der Waals surface area contributed by atoms with E-state index in [9.17, 15) is 5.11 Å². The quantitative estimate of drug-likeness (QED) is 0.506. The summed E-state index contributed by atoms with van der Waals surface area (Å²) in [6, 6.07) is 4.77. The van der Waals surface area contributed by atoms with Crippen molar-refractivity contribution in [3.8, 4) is 11.5 Å². The van der Waals surface area contributed by atoms with E-state index in [-0.39, 0.29) is 5.75 Å². The van der Waals surface area contributed by atoms with Gasteiger partial charge in [-0.2, -0.15) is 0 Å². The van der Waals surface area contributed by atoms with Crippen LogP contribution in [-0.2, 0) is 0 Å². The highest BCUT2D eigenvalue weighted by atomic mass is 16.5. The van der Waals surface area contributed by atoms with Gasteiger partial charge >= 0.3 is 0 Å². The predicted molar refractivity (Wildman–Crippen MR) is 55.8 cm³/mol. The average molecular weight is 207 g/mol. The lowest BCUT2D eigenvalue weighted by Gasteiger charge is -2.32. The minimum Gasteiger partial charge on any atom is -0.508 e. The van der Waals surface area contributed by atoms with Gasteiger partial charge in [-0.25, -0.2) is 0 Å². The molecule has 2 rings (SSSR count). The zero-order chi connectivity index (χ0) is 11.1. The van der Waals surface area contributed by atoms with Crippen LogP contribution in [0.15, 0.2) is 23.4 Å². The fraction of sp³-hybridized carbons (Fsp3) is 0.364. The van der Waals surface area contributed by atoms with Gasteiger partial charge in [-0.1, -0.05) is 5.16 Å². The van der Waals surface area contributed by atoms with Gasteiger partial charge in [0.25, 0.3) is 0 Å². The van der Waals surface area contributed by atoms with Crippen molar-refractivity contribution in [1.29, 1.82) is 0 Å². The molecular formula is C11H13NO3. The Morgan fingerprint density at radius 2 is 2.13 bits per heavy atom. The molecule has 4 nitrogen and oxygen atoms in total. The molecule has 1 aromatic carbocycles. The molecule has 1 heterocycles. The number of oxime groups is 1. The lowest BCUT2D eigenvalue weighted by Crippen LogP contribution is -2.36. The van der Waals surface area contributed by atoms with Gasteiger partial charge in [0.2, 0.25) is 0 Å². The van der Waals surface area contributed by atoms with Gasteiger partial charge < -0.3 is 15.1 Å². The number of rotatable bonds is 0. The molecule has 0 spiro atoms. The molecule has 1 aromatic rings.